The number of rotatable bonds is 11. The number of nitrogens with zero attached hydrogens (tertiary/aromatic N) is 7. The van der Waals surface area contributed by atoms with Gasteiger partial charge in [0.15, 0.2) is 5.82 Å². The summed E-state index contributed by atoms with van der Waals surface area (Å²) in [7, 11) is 1.55. The fraction of sp³-hybridized carbons (Fsp3) is 0.576. The molecule has 7 rings (SSSR count). The van der Waals surface area contributed by atoms with Crippen LogP contribution in [0.25, 0.3) is 11.1 Å². The maximum absolute atomic E-state index is 14.5. The second-order valence-electron chi connectivity index (χ2n) is 13.7. The summed E-state index contributed by atoms with van der Waals surface area (Å²) in [4.78, 5) is 30.2. The van der Waals surface area contributed by atoms with Crippen molar-refractivity contribution < 1.29 is 18.7 Å². The number of methoxy groups -OCH3 is 1. The molecule has 2 saturated heterocycles. The zero-order chi connectivity index (χ0) is 31.1. The van der Waals surface area contributed by atoms with Crippen LogP contribution in [0.5, 0.6) is 11.6 Å². The number of carbonyl (C=O) groups excluding carboxylic acids is 1. The minimum absolute atomic E-state index is 0.0358. The molecule has 4 fully saturated rings. The summed E-state index contributed by atoms with van der Waals surface area (Å²) < 4.78 is 25.9. The third kappa shape index (κ3) is 6.09. The summed E-state index contributed by atoms with van der Waals surface area (Å²) in [6.07, 6.45) is 9.95. The number of hydrogen-bond acceptors (Lipinski definition) is 10. The number of anilines is 1. The Balaban J connectivity index is 1.03. The molecule has 11 nitrogen and oxygen atoms in total. The normalized spacial score (nSPS) is 23.1. The van der Waals surface area contributed by atoms with E-state index in [1.807, 2.05) is 0 Å². The largest absolute Gasteiger partial charge is 0.434 e. The summed E-state index contributed by atoms with van der Waals surface area (Å²) in [6.45, 7) is 8.52. The molecule has 1 atom stereocenters. The van der Waals surface area contributed by atoms with Crippen molar-refractivity contribution in [2.24, 2.45) is 17.3 Å². The highest BCUT2D eigenvalue weighted by Gasteiger charge is 2.53. The molecule has 1 N–H and O–H groups in total. The SMILES string of the molecule is COCC(=O)NC1CC([C@@H](C(C)C)N2CC3(CCN(c4ncnnc4Oc4ccc(F)cc4-c4cncnc4C4CC4)C3)C2)C1. The monoisotopic (exact) mass is 616 g/mol. The molecule has 12 heteroatoms. The van der Waals surface area contributed by atoms with Gasteiger partial charge in [0.05, 0.1) is 5.69 Å². The number of benzene rings is 1. The second-order valence-corrected chi connectivity index (χ2v) is 13.7. The van der Waals surface area contributed by atoms with E-state index in [9.17, 15) is 9.18 Å². The van der Waals surface area contributed by atoms with Crippen LogP contribution >= 0.6 is 0 Å². The zero-order valence-corrected chi connectivity index (χ0v) is 26.2. The Bertz CT molecular complexity index is 1540. The Kier molecular flexibility index (Phi) is 8.11. The standard InChI is InChI=1S/C33H41FN8O3/c1-20(2)30(22-10-24(11-22)39-28(43)14-44-3)42-16-33(17-42)8-9-41(15-33)31-32(40-38-19-37-31)45-27-7-6-23(34)12-25(27)26-13-35-18-36-29(26)21-4-5-21/h6-7,12-13,18-22,24,30H,4-5,8-11,14-17H2,1-3H3,(H,39,43)/t22?,24?,30-/m1/s1. The maximum atomic E-state index is 14.5. The molecular formula is C33H41FN8O3. The van der Waals surface area contributed by atoms with Gasteiger partial charge in [-0.2, -0.15) is 0 Å². The molecule has 1 amide bonds. The molecule has 2 aliphatic carbocycles. The van der Waals surface area contributed by atoms with Gasteiger partial charge in [-0.05, 0) is 62.1 Å². The highest BCUT2D eigenvalue weighted by Crippen LogP contribution is 2.48. The number of carbonyl (C=O) groups is 1. The van der Waals surface area contributed by atoms with Gasteiger partial charge < -0.3 is 19.7 Å². The fourth-order valence-electron chi connectivity index (χ4n) is 7.80. The summed E-state index contributed by atoms with van der Waals surface area (Å²) in [5.74, 6) is 2.51. The molecule has 4 aliphatic rings. The predicted octanol–water partition coefficient (Wildman–Crippen LogP) is 4.22. The van der Waals surface area contributed by atoms with Crippen LogP contribution in [0.3, 0.4) is 0 Å². The van der Waals surface area contributed by atoms with Gasteiger partial charge in [0, 0.05) is 74.0 Å². The highest BCUT2D eigenvalue weighted by molar-refractivity contribution is 5.77. The first-order valence-electron chi connectivity index (χ1n) is 16.0. The van der Waals surface area contributed by atoms with Crippen LogP contribution < -0.4 is 15.0 Å². The molecule has 4 heterocycles. The number of ether oxygens (including phenoxy) is 2. The minimum atomic E-state index is -0.357. The number of amides is 1. The van der Waals surface area contributed by atoms with Gasteiger partial charge in [-0.25, -0.2) is 19.3 Å². The molecule has 2 aliphatic heterocycles. The second kappa shape index (κ2) is 12.2. The van der Waals surface area contributed by atoms with Gasteiger partial charge in [0.1, 0.15) is 30.8 Å². The first kappa shape index (κ1) is 29.9. The number of likely N-dealkylation sites (tertiary alicyclic amines) is 1. The predicted molar refractivity (Wildman–Crippen MR) is 165 cm³/mol. The molecule has 2 aromatic heterocycles. The first-order chi connectivity index (χ1) is 21.8. The Hall–Kier alpha value is -3.77. The van der Waals surface area contributed by atoms with Crippen molar-refractivity contribution in [1.82, 2.24) is 35.4 Å². The van der Waals surface area contributed by atoms with Gasteiger partial charge >= 0.3 is 0 Å². The minimum Gasteiger partial charge on any atom is -0.434 e. The van der Waals surface area contributed by atoms with Crippen LogP contribution in [0.15, 0.2) is 37.1 Å². The Morgan fingerprint density at radius 2 is 1.96 bits per heavy atom. The molecule has 45 heavy (non-hydrogen) atoms. The van der Waals surface area contributed by atoms with Crippen molar-refractivity contribution in [3.63, 3.8) is 0 Å². The smallest absolute Gasteiger partial charge is 0.282 e. The van der Waals surface area contributed by atoms with Crippen LogP contribution in [0.1, 0.15) is 57.6 Å². The first-order valence-corrected chi connectivity index (χ1v) is 16.0. The van der Waals surface area contributed by atoms with E-state index in [1.165, 1.54) is 18.5 Å². The van der Waals surface area contributed by atoms with Crippen molar-refractivity contribution in [2.75, 3.05) is 44.8 Å². The molecule has 0 unspecified atom stereocenters. The fourth-order valence-corrected chi connectivity index (χ4v) is 7.80. The molecule has 238 valence electrons. The Morgan fingerprint density at radius 3 is 2.71 bits per heavy atom. The average molecular weight is 617 g/mol. The lowest BCUT2D eigenvalue weighted by Crippen LogP contribution is -2.65. The van der Waals surface area contributed by atoms with Crippen LogP contribution in [-0.4, -0.2) is 87.9 Å². The van der Waals surface area contributed by atoms with Crippen molar-refractivity contribution in [3.05, 3.63) is 48.6 Å². The van der Waals surface area contributed by atoms with Gasteiger partial charge in [-0.1, -0.05) is 13.8 Å². The average Bonchev–Trinajstić information content (AvgIpc) is 3.75. The summed E-state index contributed by atoms with van der Waals surface area (Å²) >= 11 is 0. The maximum Gasteiger partial charge on any atom is 0.282 e. The number of nitrogens with one attached hydrogen (secondary N) is 1. The van der Waals surface area contributed by atoms with Gasteiger partial charge in [0.25, 0.3) is 5.88 Å². The number of hydrogen-bond donors (Lipinski definition) is 1. The highest BCUT2D eigenvalue weighted by atomic mass is 19.1. The van der Waals surface area contributed by atoms with E-state index < -0.39 is 0 Å². The van der Waals surface area contributed by atoms with Crippen molar-refractivity contribution in [2.45, 2.75) is 64.0 Å². The van der Waals surface area contributed by atoms with Gasteiger partial charge in [-0.3, -0.25) is 9.69 Å². The lowest BCUT2D eigenvalue weighted by Gasteiger charge is -2.57. The van der Waals surface area contributed by atoms with Gasteiger partial charge in [0.2, 0.25) is 5.91 Å². The zero-order valence-electron chi connectivity index (χ0n) is 26.2. The quantitative estimate of drug-likeness (QED) is 0.336. The van der Waals surface area contributed by atoms with Crippen LogP contribution in [0.2, 0.25) is 0 Å². The van der Waals surface area contributed by atoms with Crippen LogP contribution in [0.4, 0.5) is 10.2 Å². The number of halogens is 1. The lowest BCUT2D eigenvalue weighted by molar-refractivity contribution is -0.127. The van der Waals surface area contributed by atoms with Crippen molar-refractivity contribution in [1.29, 1.82) is 0 Å². The molecule has 0 bridgehead atoms. The van der Waals surface area contributed by atoms with Crippen molar-refractivity contribution in [3.8, 4) is 22.8 Å². The third-order valence-corrected chi connectivity index (χ3v) is 9.93. The van der Waals surface area contributed by atoms with Crippen LogP contribution in [-0.2, 0) is 9.53 Å². The van der Waals surface area contributed by atoms with E-state index >= 15 is 0 Å². The molecule has 1 aromatic carbocycles. The van der Waals surface area contributed by atoms with E-state index in [0.29, 0.717) is 46.8 Å². The molecule has 0 radical (unpaired) electrons. The van der Waals surface area contributed by atoms with E-state index in [1.54, 1.807) is 25.7 Å². The topological polar surface area (TPSA) is 118 Å². The van der Waals surface area contributed by atoms with Crippen molar-refractivity contribution >= 4 is 11.7 Å². The summed E-state index contributed by atoms with van der Waals surface area (Å²) in [6, 6.07) is 5.23. The van der Waals surface area contributed by atoms with Crippen LogP contribution in [0, 0.1) is 23.1 Å². The van der Waals surface area contributed by atoms with E-state index in [0.717, 1.165) is 69.5 Å². The summed E-state index contributed by atoms with van der Waals surface area (Å²) in [5, 5.41) is 11.5. The van der Waals surface area contributed by atoms with E-state index in [4.69, 9.17) is 9.47 Å². The van der Waals surface area contributed by atoms with E-state index in [2.05, 4.69) is 54.1 Å². The van der Waals surface area contributed by atoms with Gasteiger partial charge in [-0.15, -0.1) is 10.2 Å². The molecule has 2 saturated carbocycles. The summed E-state index contributed by atoms with van der Waals surface area (Å²) in [5.41, 5.74) is 2.48. The Labute approximate surface area is 263 Å². The third-order valence-electron chi connectivity index (χ3n) is 9.93. The molecule has 1 spiro atoms. The lowest BCUT2D eigenvalue weighted by atomic mass is 9.68. The molecular weight excluding hydrogens is 575 g/mol. The molecule has 3 aromatic rings. The Morgan fingerprint density at radius 1 is 1.13 bits per heavy atom. The number of aromatic nitrogens is 5. The van der Waals surface area contributed by atoms with E-state index in [-0.39, 0.29) is 29.8 Å².